The molecule has 0 saturated heterocycles. The molecule has 0 fully saturated rings. The largest absolute Gasteiger partial charge is 0.497 e. The number of carboxylic acids is 1. The Kier molecular flexibility index (Phi) is 15.4. The lowest BCUT2D eigenvalue weighted by atomic mass is 9.96. The zero-order chi connectivity index (χ0) is 39.4. The van der Waals surface area contributed by atoms with E-state index in [9.17, 15) is 24.3 Å². The third kappa shape index (κ3) is 11.8. The van der Waals surface area contributed by atoms with Crippen LogP contribution < -0.4 is 15.4 Å². The molecule has 0 aliphatic heterocycles. The molecule has 0 aliphatic rings. The van der Waals surface area contributed by atoms with Crippen molar-refractivity contribution in [1.29, 1.82) is 0 Å². The fourth-order valence-corrected chi connectivity index (χ4v) is 6.76. The summed E-state index contributed by atoms with van der Waals surface area (Å²) < 4.78 is 5.39. The summed E-state index contributed by atoms with van der Waals surface area (Å²) in [6.07, 6.45) is 0.413. The number of fused-ring (bicyclic) bond motifs is 1. The first kappa shape index (κ1) is 41.8. The Bertz CT molecular complexity index is 1890. The molecule has 288 valence electrons. The number of hydrogen-bond donors (Lipinski definition) is 3. The number of aliphatic carboxylic acids is 1. The number of carbonyl (C=O) groups excluding carboxylic acids is 3. The van der Waals surface area contributed by atoms with Gasteiger partial charge in [0.05, 0.1) is 13.5 Å². The van der Waals surface area contributed by atoms with Crippen LogP contribution in [0.15, 0.2) is 91.0 Å². The Morgan fingerprint density at radius 1 is 0.815 bits per heavy atom. The molecule has 3 atom stereocenters. The first-order valence-electron chi connectivity index (χ1n) is 18.4. The Labute approximate surface area is 323 Å². The predicted molar refractivity (Wildman–Crippen MR) is 213 cm³/mol. The van der Waals surface area contributed by atoms with Gasteiger partial charge < -0.3 is 30.3 Å². The molecule has 0 spiro atoms. The molecule has 0 saturated carbocycles. The van der Waals surface area contributed by atoms with E-state index in [1.807, 2.05) is 93.7 Å². The molecular formula is C43H53ClN4O6. The lowest BCUT2D eigenvalue weighted by molar-refractivity contribution is -0.144. The fraction of sp³-hybridized carbons (Fsp3) is 0.395. The van der Waals surface area contributed by atoms with Crippen molar-refractivity contribution in [2.45, 2.75) is 71.6 Å². The number of ether oxygens (including phenoxy) is 1. The van der Waals surface area contributed by atoms with Crippen molar-refractivity contribution in [2.24, 2.45) is 11.8 Å². The molecule has 4 aromatic rings. The number of carboxylic acid groups (broad SMARTS) is 1. The van der Waals surface area contributed by atoms with Crippen LogP contribution in [0.2, 0.25) is 5.02 Å². The van der Waals surface area contributed by atoms with Crippen molar-refractivity contribution in [2.75, 3.05) is 27.2 Å². The molecule has 3 unspecified atom stereocenters. The van der Waals surface area contributed by atoms with E-state index in [1.54, 1.807) is 44.1 Å². The number of carbonyl (C=O) groups is 4. The lowest BCUT2D eigenvalue weighted by Gasteiger charge is -2.35. The number of amides is 3. The van der Waals surface area contributed by atoms with Crippen molar-refractivity contribution in [3.8, 4) is 5.75 Å². The van der Waals surface area contributed by atoms with Crippen LogP contribution in [-0.4, -0.2) is 84.0 Å². The van der Waals surface area contributed by atoms with E-state index >= 15 is 0 Å². The average Bonchev–Trinajstić information content (AvgIpc) is 3.13. The number of methoxy groups -OCH3 is 1. The number of rotatable bonds is 19. The van der Waals surface area contributed by atoms with Gasteiger partial charge in [0.25, 0.3) is 0 Å². The maximum absolute atomic E-state index is 14.6. The minimum absolute atomic E-state index is 0.00792. The first-order valence-corrected chi connectivity index (χ1v) is 18.8. The number of likely N-dealkylation sites (N-methyl/N-ethyl adjacent to an activating group) is 1. The van der Waals surface area contributed by atoms with Crippen LogP contribution in [0.25, 0.3) is 10.8 Å². The summed E-state index contributed by atoms with van der Waals surface area (Å²) in [5, 5.41) is 17.9. The Morgan fingerprint density at radius 3 is 2.17 bits per heavy atom. The topological polar surface area (TPSA) is 128 Å². The molecule has 10 nitrogen and oxygen atoms in total. The molecule has 4 rings (SSSR count). The standard InChI is InChI=1S/C43H53ClN4O6/c1-28(2)23-38(48(39(49)26-33-15-8-10-20-36(33)44)22-21-47(5)27-30-13-11-18-34(24-30)54-6)42(51)45-37(41(50)46-40(29(3)4)43(52)53)25-32-17-12-16-31-14-7-9-19-35(31)32/h7-20,24,28-29,37-38,40H,21-23,25-27H2,1-6H3,(H,45,51)(H,46,50)(H,52,53). The van der Waals surface area contributed by atoms with E-state index in [2.05, 4.69) is 15.5 Å². The third-order valence-electron chi connectivity index (χ3n) is 9.47. The Balaban J connectivity index is 1.68. The average molecular weight is 757 g/mol. The molecule has 11 heteroatoms. The van der Waals surface area contributed by atoms with Gasteiger partial charge in [-0.1, -0.05) is 112 Å². The molecule has 0 radical (unpaired) electrons. The highest BCUT2D eigenvalue weighted by molar-refractivity contribution is 6.31. The molecule has 0 bridgehead atoms. The smallest absolute Gasteiger partial charge is 0.326 e. The van der Waals surface area contributed by atoms with Gasteiger partial charge in [0.1, 0.15) is 23.9 Å². The van der Waals surface area contributed by atoms with E-state index in [1.165, 1.54) is 0 Å². The van der Waals surface area contributed by atoms with E-state index in [4.69, 9.17) is 16.3 Å². The summed E-state index contributed by atoms with van der Waals surface area (Å²) in [5.41, 5.74) is 2.49. The quantitative estimate of drug-likeness (QED) is 0.101. The van der Waals surface area contributed by atoms with E-state index in [0.29, 0.717) is 30.1 Å². The van der Waals surface area contributed by atoms with E-state index < -0.39 is 41.8 Å². The van der Waals surface area contributed by atoms with Gasteiger partial charge in [-0.3, -0.25) is 14.4 Å². The van der Waals surface area contributed by atoms with Crippen molar-refractivity contribution in [3.05, 3.63) is 113 Å². The molecule has 0 heterocycles. The van der Waals surface area contributed by atoms with Crippen molar-refractivity contribution >= 4 is 46.1 Å². The summed E-state index contributed by atoms with van der Waals surface area (Å²) in [5.74, 6) is -2.21. The van der Waals surface area contributed by atoms with Crippen LogP contribution in [-0.2, 0) is 38.6 Å². The summed E-state index contributed by atoms with van der Waals surface area (Å²) in [6.45, 7) is 8.63. The Hall–Kier alpha value is -4.93. The van der Waals surface area contributed by atoms with Gasteiger partial charge in [0.2, 0.25) is 17.7 Å². The SMILES string of the molecule is COc1cccc(CN(C)CCN(C(=O)Cc2ccccc2Cl)C(CC(C)C)C(=O)NC(Cc2cccc3ccccc23)C(=O)NC(C(=O)O)C(C)C)c1. The first-order chi connectivity index (χ1) is 25.8. The molecule has 4 aromatic carbocycles. The minimum atomic E-state index is -1.17. The highest BCUT2D eigenvalue weighted by Gasteiger charge is 2.35. The summed E-state index contributed by atoms with van der Waals surface area (Å²) in [7, 11) is 3.57. The van der Waals surface area contributed by atoms with Gasteiger partial charge in [0.15, 0.2) is 0 Å². The maximum Gasteiger partial charge on any atom is 0.326 e. The zero-order valence-corrected chi connectivity index (χ0v) is 32.8. The summed E-state index contributed by atoms with van der Waals surface area (Å²) in [4.78, 5) is 58.7. The Morgan fingerprint density at radius 2 is 1.48 bits per heavy atom. The van der Waals surface area contributed by atoms with Gasteiger partial charge in [-0.25, -0.2) is 4.79 Å². The van der Waals surface area contributed by atoms with Crippen molar-refractivity contribution < 1.29 is 29.0 Å². The number of nitrogens with one attached hydrogen (secondary N) is 2. The molecule has 0 aromatic heterocycles. The van der Waals surface area contributed by atoms with Crippen LogP contribution in [0, 0.1) is 11.8 Å². The van der Waals surface area contributed by atoms with Crippen LogP contribution in [0.1, 0.15) is 50.8 Å². The van der Waals surface area contributed by atoms with Gasteiger partial charge in [0, 0.05) is 31.1 Å². The predicted octanol–water partition coefficient (Wildman–Crippen LogP) is 6.37. The minimum Gasteiger partial charge on any atom is -0.497 e. The second kappa shape index (κ2) is 19.9. The lowest BCUT2D eigenvalue weighted by Crippen LogP contribution is -2.58. The van der Waals surface area contributed by atoms with Gasteiger partial charge in [-0.05, 0) is 71.0 Å². The molecular weight excluding hydrogens is 704 g/mol. The van der Waals surface area contributed by atoms with E-state index in [0.717, 1.165) is 27.6 Å². The zero-order valence-electron chi connectivity index (χ0n) is 32.1. The highest BCUT2D eigenvalue weighted by Crippen LogP contribution is 2.23. The van der Waals surface area contributed by atoms with Crippen LogP contribution in [0.3, 0.4) is 0 Å². The number of nitrogens with zero attached hydrogens (tertiary/aromatic N) is 2. The molecule has 0 aliphatic carbocycles. The third-order valence-corrected chi connectivity index (χ3v) is 9.84. The molecule has 3 N–H and O–H groups in total. The second-order valence-corrected chi connectivity index (χ2v) is 15.0. The number of hydrogen-bond acceptors (Lipinski definition) is 6. The normalized spacial score (nSPS) is 13.1. The summed E-state index contributed by atoms with van der Waals surface area (Å²) in [6, 6.07) is 25.2. The fourth-order valence-electron chi connectivity index (χ4n) is 6.56. The van der Waals surface area contributed by atoms with Gasteiger partial charge in [-0.15, -0.1) is 0 Å². The monoisotopic (exact) mass is 756 g/mol. The number of halogens is 1. The van der Waals surface area contributed by atoms with Crippen LogP contribution in [0.5, 0.6) is 5.75 Å². The van der Waals surface area contributed by atoms with Crippen molar-refractivity contribution in [3.63, 3.8) is 0 Å². The van der Waals surface area contributed by atoms with Gasteiger partial charge in [-0.2, -0.15) is 0 Å². The maximum atomic E-state index is 14.6. The molecule has 3 amide bonds. The van der Waals surface area contributed by atoms with Gasteiger partial charge >= 0.3 is 5.97 Å². The van der Waals surface area contributed by atoms with Crippen molar-refractivity contribution in [1.82, 2.24) is 20.4 Å². The molecule has 54 heavy (non-hydrogen) atoms. The van der Waals surface area contributed by atoms with Crippen LogP contribution >= 0.6 is 11.6 Å². The van der Waals surface area contributed by atoms with E-state index in [-0.39, 0.29) is 31.2 Å². The van der Waals surface area contributed by atoms with Crippen LogP contribution in [0.4, 0.5) is 0 Å². The highest BCUT2D eigenvalue weighted by atomic mass is 35.5. The second-order valence-electron chi connectivity index (χ2n) is 14.6. The summed E-state index contributed by atoms with van der Waals surface area (Å²) >= 11 is 6.50. The number of benzene rings is 4.